The van der Waals surface area contributed by atoms with Crippen molar-refractivity contribution in [3.63, 3.8) is 0 Å². The molecule has 1 aliphatic rings. The Labute approximate surface area is 158 Å². The van der Waals surface area contributed by atoms with Crippen LogP contribution in [0.1, 0.15) is 5.56 Å². The zero-order valence-corrected chi connectivity index (χ0v) is 15.7. The topological polar surface area (TPSA) is 87.3 Å². The minimum atomic E-state index is -3.43. The number of benzene rings is 2. The molecule has 142 valence electrons. The molecular formula is C19H22N4O3S. The number of nitrogens with zero attached hydrogens (tertiary/aromatic N) is 2. The second-order valence-electron chi connectivity index (χ2n) is 6.44. The molecule has 0 bridgehead atoms. The van der Waals surface area contributed by atoms with Gasteiger partial charge >= 0.3 is 0 Å². The van der Waals surface area contributed by atoms with E-state index in [2.05, 4.69) is 15.3 Å². The fourth-order valence-corrected chi connectivity index (χ4v) is 4.53. The van der Waals surface area contributed by atoms with Crippen LogP contribution in [-0.2, 0) is 21.2 Å². The van der Waals surface area contributed by atoms with Gasteiger partial charge in [-0.3, -0.25) is 0 Å². The molecule has 0 aliphatic carbocycles. The lowest BCUT2D eigenvalue weighted by Crippen LogP contribution is -2.40. The zero-order chi connectivity index (χ0) is 18.7. The molecular weight excluding hydrogens is 364 g/mol. The Bertz CT molecular complexity index is 976. The van der Waals surface area contributed by atoms with Crippen molar-refractivity contribution in [2.24, 2.45) is 0 Å². The quantitative estimate of drug-likeness (QED) is 0.678. The highest BCUT2D eigenvalue weighted by atomic mass is 32.2. The van der Waals surface area contributed by atoms with Gasteiger partial charge in [-0.2, -0.15) is 4.31 Å². The highest BCUT2D eigenvalue weighted by Gasteiger charge is 2.25. The normalized spacial score (nSPS) is 15.9. The number of sulfonamides is 1. The van der Waals surface area contributed by atoms with Crippen molar-refractivity contribution in [1.29, 1.82) is 0 Å². The Morgan fingerprint density at radius 1 is 1.07 bits per heavy atom. The zero-order valence-electron chi connectivity index (χ0n) is 14.9. The van der Waals surface area contributed by atoms with Crippen LogP contribution >= 0.6 is 0 Å². The minimum Gasteiger partial charge on any atom is -0.379 e. The molecule has 8 heteroatoms. The molecule has 2 N–H and O–H groups in total. The van der Waals surface area contributed by atoms with Gasteiger partial charge in [-0.1, -0.05) is 24.3 Å². The van der Waals surface area contributed by atoms with Gasteiger partial charge in [0.15, 0.2) is 0 Å². The Morgan fingerprint density at radius 3 is 2.56 bits per heavy atom. The van der Waals surface area contributed by atoms with Gasteiger partial charge < -0.3 is 15.0 Å². The number of hydrogen-bond acceptors (Lipinski definition) is 5. The molecule has 3 aromatic rings. The molecule has 1 aliphatic heterocycles. The number of imidazole rings is 1. The van der Waals surface area contributed by atoms with E-state index in [1.807, 2.05) is 36.4 Å². The van der Waals surface area contributed by atoms with E-state index in [9.17, 15) is 8.42 Å². The van der Waals surface area contributed by atoms with Crippen LogP contribution in [0.15, 0.2) is 53.4 Å². The summed E-state index contributed by atoms with van der Waals surface area (Å²) in [5, 5.41) is 3.27. The highest BCUT2D eigenvalue weighted by molar-refractivity contribution is 7.89. The van der Waals surface area contributed by atoms with Crippen LogP contribution < -0.4 is 5.32 Å². The van der Waals surface area contributed by atoms with Gasteiger partial charge in [-0.05, 0) is 36.2 Å². The predicted octanol–water partition coefficient (Wildman–Crippen LogP) is 2.24. The largest absolute Gasteiger partial charge is 0.379 e. The fraction of sp³-hybridized carbons (Fsp3) is 0.316. The van der Waals surface area contributed by atoms with E-state index in [1.54, 1.807) is 12.1 Å². The van der Waals surface area contributed by atoms with E-state index >= 15 is 0 Å². The van der Waals surface area contributed by atoms with E-state index in [4.69, 9.17) is 4.74 Å². The van der Waals surface area contributed by atoms with Crippen LogP contribution in [0.2, 0.25) is 0 Å². The second-order valence-corrected chi connectivity index (χ2v) is 8.38. The van der Waals surface area contributed by atoms with Crippen LogP contribution in [0.25, 0.3) is 11.0 Å². The molecule has 4 rings (SSSR count). The minimum absolute atomic E-state index is 0.332. The summed E-state index contributed by atoms with van der Waals surface area (Å²) in [6, 6.07) is 15.0. The standard InChI is InChI=1S/C19H22N4O3S/c24-27(25,23-11-13-26-14-12-23)16-7-5-15(6-8-16)9-10-20-19-21-17-3-1-2-4-18(17)22-19/h1-8H,9-14H2,(H2,20,21,22). The molecule has 0 amide bonds. The number of rotatable bonds is 6. The van der Waals surface area contributed by atoms with Crippen LogP contribution in [0.5, 0.6) is 0 Å². The molecule has 0 spiro atoms. The first-order valence-corrected chi connectivity index (χ1v) is 10.4. The molecule has 7 nitrogen and oxygen atoms in total. The van der Waals surface area contributed by atoms with Crippen molar-refractivity contribution in [3.8, 4) is 0 Å². The molecule has 0 radical (unpaired) electrons. The number of ether oxygens (including phenoxy) is 1. The molecule has 0 saturated carbocycles. The summed E-state index contributed by atoms with van der Waals surface area (Å²) in [6.45, 7) is 2.42. The van der Waals surface area contributed by atoms with Crippen molar-refractivity contribution in [2.75, 3.05) is 38.2 Å². The number of nitrogens with one attached hydrogen (secondary N) is 2. The Kier molecular flexibility index (Phi) is 5.11. The third-order valence-electron chi connectivity index (χ3n) is 4.63. The number of anilines is 1. The lowest BCUT2D eigenvalue weighted by Gasteiger charge is -2.26. The lowest BCUT2D eigenvalue weighted by molar-refractivity contribution is 0.0730. The van der Waals surface area contributed by atoms with Gasteiger partial charge in [0.05, 0.1) is 29.1 Å². The van der Waals surface area contributed by atoms with Crippen molar-refractivity contribution in [3.05, 3.63) is 54.1 Å². The van der Waals surface area contributed by atoms with Crippen molar-refractivity contribution in [2.45, 2.75) is 11.3 Å². The summed E-state index contributed by atoms with van der Waals surface area (Å²) in [7, 11) is -3.43. The Balaban J connectivity index is 1.36. The average Bonchev–Trinajstić information content (AvgIpc) is 3.12. The van der Waals surface area contributed by atoms with Gasteiger partial charge in [0.2, 0.25) is 16.0 Å². The number of aromatic nitrogens is 2. The molecule has 27 heavy (non-hydrogen) atoms. The van der Waals surface area contributed by atoms with E-state index in [1.165, 1.54) is 4.31 Å². The number of hydrogen-bond donors (Lipinski definition) is 2. The summed E-state index contributed by atoms with van der Waals surface area (Å²) in [5.41, 5.74) is 3.00. The number of fused-ring (bicyclic) bond motifs is 1. The fourth-order valence-electron chi connectivity index (χ4n) is 3.13. The lowest BCUT2D eigenvalue weighted by atomic mass is 10.1. The number of morpholine rings is 1. The molecule has 2 heterocycles. The second kappa shape index (κ2) is 7.67. The summed E-state index contributed by atoms with van der Waals surface area (Å²) in [6.07, 6.45) is 0.773. The van der Waals surface area contributed by atoms with Gasteiger partial charge in [-0.15, -0.1) is 0 Å². The summed E-state index contributed by atoms with van der Waals surface area (Å²) >= 11 is 0. The SMILES string of the molecule is O=S(=O)(c1ccc(CCNc2nc3ccccc3[nH]2)cc1)N1CCOCC1. The number of para-hydroxylation sites is 2. The van der Waals surface area contributed by atoms with E-state index in [0.29, 0.717) is 37.7 Å². The third-order valence-corrected chi connectivity index (χ3v) is 6.54. The van der Waals surface area contributed by atoms with E-state index in [0.717, 1.165) is 29.0 Å². The molecule has 0 unspecified atom stereocenters. The van der Waals surface area contributed by atoms with Gasteiger partial charge in [-0.25, -0.2) is 13.4 Å². The Morgan fingerprint density at radius 2 is 1.81 bits per heavy atom. The number of aromatic amines is 1. The molecule has 1 saturated heterocycles. The van der Waals surface area contributed by atoms with Gasteiger partial charge in [0.1, 0.15) is 0 Å². The first kappa shape index (κ1) is 18.0. The molecule has 1 aromatic heterocycles. The van der Waals surface area contributed by atoms with Crippen LogP contribution in [0.4, 0.5) is 5.95 Å². The summed E-state index contributed by atoms with van der Waals surface area (Å²) in [5.74, 6) is 0.739. The predicted molar refractivity (Wildman–Crippen MR) is 104 cm³/mol. The summed E-state index contributed by atoms with van der Waals surface area (Å²) < 4.78 is 32.0. The van der Waals surface area contributed by atoms with E-state index in [-0.39, 0.29) is 0 Å². The molecule has 2 aromatic carbocycles. The van der Waals surface area contributed by atoms with Crippen molar-refractivity contribution >= 4 is 27.0 Å². The Hall–Kier alpha value is -2.42. The van der Waals surface area contributed by atoms with Crippen LogP contribution in [-0.4, -0.2) is 55.5 Å². The van der Waals surface area contributed by atoms with Crippen LogP contribution in [0.3, 0.4) is 0 Å². The van der Waals surface area contributed by atoms with E-state index < -0.39 is 10.0 Å². The summed E-state index contributed by atoms with van der Waals surface area (Å²) in [4.78, 5) is 8.04. The van der Waals surface area contributed by atoms with Crippen LogP contribution in [0, 0.1) is 0 Å². The monoisotopic (exact) mass is 386 g/mol. The highest BCUT2D eigenvalue weighted by Crippen LogP contribution is 2.18. The first-order valence-electron chi connectivity index (χ1n) is 8.98. The maximum atomic E-state index is 12.6. The van der Waals surface area contributed by atoms with Crippen molar-refractivity contribution < 1.29 is 13.2 Å². The number of H-pyrrole nitrogens is 1. The van der Waals surface area contributed by atoms with Gasteiger partial charge in [0.25, 0.3) is 0 Å². The maximum Gasteiger partial charge on any atom is 0.243 e. The maximum absolute atomic E-state index is 12.6. The first-order chi connectivity index (χ1) is 13.1. The van der Waals surface area contributed by atoms with Gasteiger partial charge in [0, 0.05) is 19.6 Å². The average molecular weight is 386 g/mol. The smallest absolute Gasteiger partial charge is 0.243 e. The molecule has 0 atom stereocenters. The van der Waals surface area contributed by atoms with Crippen molar-refractivity contribution in [1.82, 2.24) is 14.3 Å². The molecule has 1 fully saturated rings. The third kappa shape index (κ3) is 3.97.